The average molecular weight is 298 g/mol. The standard InChI is InChI=1S/C12H12F2N4O3/c1-3-21-12(20)17-18(2)11(19)16-10-5-8(13)7(6-15)4-9(10)14/h4-5H,3H2,1-2H3,(H,16,19)(H,17,20). The second kappa shape index (κ2) is 7.04. The molecule has 0 aliphatic rings. The van der Waals surface area contributed by atoms with E-state index in [2.05, 4.69) is 4.74 Å². The van der Waals surface area contributed by atoms with E-state index in [0.29, 0.717) is 17.1 Å². The fourth-order valence-electron chi connectivity index (χ4n) is 1.28. The van der Waals surface area contributed by atoms with Crippen LogP contribution in [0.5, 0.6) is 0 Å². The first-order valence-electron chi connectivity index (χ1n) is 5.76. The number of anilines is 1. The zero-order valence-electron chi connectivity index (χ0n) is 11.2. The van der Waals surface area contributed by atoms with Gasteiger partial charge in [0.05, 0.1) is 17.9 Å². The number of urea groups is 1. The molecule has 0 spiro atoms. The van der Waals surface area contributed by atoms with E-state index in [9.17, 15) is 18.4 Å². The van der Waals surface area contributed by atoms with E-state index >= 15 is 0 Å². The molecular formula is C12H12F2N4O3. The van der Waals surface area contributed by atoms with Gasteiger partial charge in [0.2, 0.25) is 0 Å². The third-order valence-corrected chi connectivity index (χ3v) is 2.26. The molecule has 21 heavy (non-hydrogen) atoms. The first-order chi connectivity index (χ1) is 9.88. The number of nitriles is 1. The topological polar surface area (TPSA) is 94.5 Å². The molecular weight excluding hydrogens is 286 g/mol. The highest BCUT2D eigenvalue weighted by Gasteiger charge is 2.16. The smallest absolute Gasteiger partial charge is 0.426 e. The summed E-state index contributed by atoms with van der Waals surface area (Å²) in [7, 11) is 1.18. The largest absolute Gasteiger partial charge is 0.449 e. The Bertz CT molecular complexity index is 601. The number of nitrogens with zero attached hydrogens (tertiary/aromatic N) is 2. The van der Waals surface area contributed by atoms with E-state index in [4.69, 9.17) is 5.26 Å². The molecule has 0 fully saturated rings. The van der Waals surface area contributed by atoms with E-state index in [1.807, 2.05) is 10.7 Å². The Morgan fingerprint density at radius 2 is 2.05 bits per heavy atom. The number of amides is 3. The van der Waals surface area contributed by atoms with Crippen LogP contribution in [0, 0.1) is 23.0 Å². The van der Waals surface area contributed by atoms with Crippen LogP contribution in [0.4, 0.5) is 24.1 Å². The SMILES string of the molecule is CCOC(=O)NN(C)C(=O)Nc1cc(F)c(C#N)cc1F. The maximum Gasteiger partial charge on any atom is 0.426 e. The molecule has 0 atom stereocenters. The maximum absolute atomic E-state index is 13.6. The summed E-state index contributed by atoms with van der Waals surface area (Å²) in [6.07, 6.45) is -0.873. The molecule has 0 aliphatic heterocycles. The molecule has 0 radical (unpaired) electrons. The second-order valence-corrected chi connectivity index (χ2v) is 3.75. The fraction of sp³-hybridized carbons (Fsp3) is 0.250. The Balaban J connectivity index is 2.77. The van der Waals surface area contributed by atoms with Crippen LogP contribution in [-0.4, -0.2) is 30.8 Å². The minimum Gasteiger partial charge on any atom is -0.449 e. The Labute approximate surface area is 119 Å². The minimum absolute atomic E-state index is 0.108. The van der Waals surface area contributed by atoms with Crippen molar-refractivity contribution in [2.24, 2.45) is 0 Å². The van der Waals surface area contributed by atoms with Crippen molar-refractivity contribution < 1.29 is 23.1 Å². The van der Waals surface area contributed by atoms with Gasteiger partial charge < -0.3 is 10.1 Å². The molecule has 112 valence electrons. The molecule has 1 aromatic rings. The summed E-state index contributed by atoms with van der Waals surface area (Å²) in [5.41, 5.74) is 1.10. The van der Waals surface area contributed by atoms with Crippen molar-refractivity contribution in [3.63, 3.8) is 0 Å². The van der Waals surface area contributed by atoms with Crippen LogP contribution in [0.3, 0.4) is 0 Å². The van der Waals surface area contributed by atoms with Gasteiger partial charge in [0, 0.05) is 13.1 Å². The molecule has 2 N–H and O–H groups in total. The molecule has 1 aromatic carbocycles. The van der Waals surface area contributed by atoms with E-state index in [1.165, 1.54) is 13.1 Å². The van der Waals surface area contributed by atoms with Gasteiger partial charge in [0.15, 0.2) is 0 Å². The van der Waals surface area contributed by atoms with Crippen molar-refractivity contribution in [1.29, 1.82) is 5.26 Å². The van der Waals surface area contributed by atoms with Crippen LogP contribution in [0.25, 0.3) is 0 Å². The molecule has 0 saturated carbocycles. The zero-order valence-corrected chi connectivity index (χ0v) is 11.2. The van der Waals surface area contributed by atoms with Crippen molar-refractivity contribution in [3.05, 3.63) is 29.3 Å². The van der Waals surface area contributed by atoms with E-state index < -0.39 is 35.0 Å². The molecule has 0 bridgehead atoms. The summed E-state index contributed by atoms with van der Waals surface area (Å²) in [5, 5.41) is 11.3. The highest BCUT2D eigenvalue weighted by molar-refractivity contribution is 5.90. The number of carbonyl (C=O) groups excluding carboxylic acids is 2. The van der Waals surface area contributed by atoms with Gasteiger partial charge in [-0.1, -0.05) is 0 Å². The molecule has 0 heterocycles. The number of nitrogens with one attached hydrogen (secondary N) is 2. The Morgan fingerprint density at radius 3 is 2.62 bits per heavy atom. The second-order valence-electron chi connectivity index (χ2n) is 3.75. The first kappa shape index (κ1) is 16.2. The Kier molecular flexibility index (Phi) is 5.42. The lowest BCUT2D eigenvalue weighted by Crippen LogP contribution is -2.45. The van der Waals surface area contributed by atoms with Gasteiger partial charge in [-0.25, -0.2) is 28.8 Å². The number of halogens is 2. The fourth-order valence-corrected chi connectivity index (χ4v) is 1.28. The van der Waals surface area contributed by atoms with Gasteiger partial charge in [-0.2, -0.15) is 5.26 Å². The summed E-state index contributed by atoms with van der Waals surface area (Å²) < 4.78 is 31.5. The lowest BCUT2D eigenvalue weighted by Gasteiger charge is -2.18. The number of benzene rings is 1. The molecule has 0 unspecified atom stereocenters. The number of hydrogen-bond donors (Lipinski definition) is 2. The van der Waals surface area contributed by atoms with Gasteiger partial charge in [-0.15, -0.1) is 0 Å². The number of hydrogen-bond acceptors (Lipinski definition) is 4. The number of carbonyl (C=O) groups is 2. The van der Waals surface area contributed by atoms with Gasteiger partial charge >= 0.3 is 12.1 Å². The van der Waals surface area contributed by atoms with Crippen molar-refractivity contribution in [2.75, 3.05) is 19.0 Å². The zero-order chi connectivity index (χ0) is 16.0. The van der Waals surface area contributed by atoms with Crippen LogP contribution in [-0.2, 0) is 4.74 Å². The quantitative estimate of drug-likeness (QED) is 0.816. The Morgan fingerprint density at radius 1 is 1.38 bits per heavy atom. The molecule has 9 heteroatoms. The van der Waals surface area contributed by atoms with Gasteiger partial charge in [-0.3, -0.25) is 0 Å². The normalized spacial score (nSPS) is 9.48. The summed E-state index contributed by atoms with van der Waals surface area (Å²) in [6.45, 7) is 1.69. The molecule has 0 saturated heterocycles. The lowest BCUT2D eigenvalue weighted by molar-refractivity contribution is 0.126. The van der Waals surface area contributed by atoms with Crippen LogP contribution >= 0.6 is 0 Å². The van der Waals surface area contributed by atoms with Crippen LogP contribution in [0.15, 0.2) is 12.1 Å². The third kappa shape index (κ3) is 4.31. The van der Waals surface area contributed by atoms with Gasteiger partial charge in [0.1, 0.15) is 17.7 Å². The number of rotatable bonds is 2. The molecule has 0 aliphatic carbocycles. The van der Waals surface area contributed by atoms with Crippen molar-refractivity contribution in [1.82, 2.24) is 10.4 Å². The molecule has 3 amide bonds. The first-order valence-corrected chi connectivity index (χ1v) is 5.76. The predicted molar refractivity (Wildman–Crippen MR) is 68.0 cm³/mol. The predicted octanol–water partition coefficient (Wildman–Crippen LogP) is 1.96. The van der Waals surface area contributed by atoms with Gasteiger partial charge in [-0.05, 0) is 13.0 Å². The van der Waals surface area contributed by atoms with Crippen molar-refractivity contribution in [2.45, 2.75) is 6.92 Å². The van der Waals surface area contributed by atoms with Crippen molar-refractivity contribution >= 4 is 17.8 Å². The van der Waals surface area contributed by atoms with Crippen LogP contribution in [0.1, 0.15) is 12.5 Å². The van der Waals surface area contributed by atoms with Crippen molar-refractivity contribution in [3.8, 4) is 6.07 Å². The highest BCUT2D eigenvalue weighted by atomic mass is 19.1. The number of ether oxygens (including phenoxy) is 1. The minimum atomic E-state index is -0.981. The van der Waals surface area contributed by atoms with Gasteiger partial charge in [0.25, 0.3) is 0 Å². The molecule has 1 rings (SSSR count). The molecule has 7 nitrogen and oxygen atoms in total. The van der Waals surface area contributed by atoms with E-state index in [1.54, 1.807) is 6.92 Å². The third-order valence-electron chi connectivity index (χ3n) is 2.26. The van der Waals surface area contributed by atoms with E-state index in [0.717, 1.165) is 0 Å². The summed E-state index contributed by atoms with van der Waals surface area (Å²) in [6, 6.07) is 1.87. The van der Waals surface area contributed by atoms with Crippen LogP contribution in [0.2, 0.25) is 0 Å². The highest BCUT2D eigenvalue weighted by Crippen LogP contribution is 2.19. The Hall–Kier alpha value is -2.89. The summed E-state index contributed by atoms with van der Waals surface area (Å²) in [4.78, 5) is 22.8. The van der Waals surface area contributed by atoms with E-state index in [-0.39, 0.29) is 6.61 Å². The van der Waals surface area contributed by atoms with Crippen LogP contribution < -0.4 is 10.7 Å². The number of hydrazine groups is 1. The molecule has 0 aromatic heterocycles. The average Bonchev–Trinajstić information content (AvgIpc) is 2.42. The maximum atomic E-state index is 13.6. The summed E-state index contributed by atoms with van der Waals surface area (Å²) >= 11 is 0. The monoisotopic (exact) mass is 298 g/mol. The summed E-state index contributed by atoms with van der Waals surface area (Å²) in [5.74, 6) is -1.96. The lowest BCUT2D eigenvalue weighted by atomic mass is 10.2.